The van der Waals surface area contributed by atoms with Crippen LogP contribution in [0.5, 0.6) is 5.88 Å². The van der Waals surface area contributed by atoms with Crippen molar-refractivity contribution in [1.29, 1.82) is 0 Å². The second kappa shape index (κ2) is 9.40. The molecule has 1 unspecified atom stereocenters. The quantitative estimate of drug-likeness (QED) is 0.646. The van der Waals surface area contributed by atoms with Crippen LogP contribution in [0.1, 0.15) is 59.8 Å². The fourth-order valence-corrected chi connectivity index (χ4v) is 2.89. The van der Waals surface area contributed by atoms with Crippen LogP contribution in [-0.2, 0) is 11.2 Å². The first-order valence-corrected chi connectivity index (χ1v) is 9.94. The fraction of sp³-hybridized carbons (Fsp3) is 0.476. The van der Waals surface area contributed by atoms with E-state index in [1.54, 1.807) is 26.0 Å². The Morgan fingerprint density at radius 2 is 2.00 bits per heavy atom. The lowest BCUT2D eigenvalue weighted by molar-refractivity contribution is -0.139. The number of Topliss-reactive ketones (excluding diaryl/α,β-unsaturated/α-hetero) is 1. The molecule has 3 rings (SSSR count). The number of pyridine rings is 1. The van der Waals surface area contributed by atoms with Gasteiger partial charge in [0.25, 0.3) is 5.91 Å². The van der Waals surface area contributed by atoms with Crippen LogP contribution in [0.4, 0.5) is 13.2 Å². The number of halogens is 3. The van der Waals surface area contributed by atoms with Crippen molar-refractivity contribution in [3.63, 3.8) is 0 Å². The van der Waals surface area contributed by atoms with E-state index in [1.807, 2.05) is 0 Å². The zero-order valence-electron chi connectivity index (χ0n) is 17.2. The zero-order valence-corrected chi connectivity index (χ0v) is 17.2. The highest BCUT2D eigenvalue weighted by Crippen LogP contribution is 2.30. The van der Waals surface area contributed by atoms with Crippen LogP contribution in [0.2, 0.25) is 0 Å². The van der Waals surface area contributed by atoms with Crippen molar-refractivity contribution in [2.24, 2.45) is 5.92 Å². The maximum Gasteiger partial charge on any atom is 0.392 e. The standard InChI is InChI=1S/C21H23F3N4O3/c1-12-9-16(28-18(26-12)10-17(29)14-3-4-14)20(30)27-13(2)15-5-6-19(25-11-15)31-8-7-21(22,23)24/h5-6,9,11,13-14H,3-4,7-8,10H2,1-2H3,(H,27,30). The van der Waals surface area contributed by atoms with Crippen molar-refractivity contribution in [2.75, 3.05) is 6.61 Å². The summed E-state index contributed by atoms with van der Waals surface area (Å²) in [7, 11) is 0. The number of amides is 1. The molecule has 0 aromatic carbocycles. The Balaban J connectivity index is 1.58. The molecule has 0 spiro atoms. The summed E-state index contributed by atoms with van der Waals surface area (Å²) < 4.78 is 41.5. The Hall–Kier alpha value is -3.04. The van der Waals surface area contributed by atoms with Crippen LogP contribution >= 0.6 is 0 Å². The van der Waals surface area contributed by atoms with Gasteiger partial charge in [-0.25, -0.2) is 15.0 Å². The van der Waals surface area contributed by atoms with Crippen molar-refractivity contribution in [3.05, 3.63) is 47.2 Å². The van der Waals surface area contributed by atoms with E-state index >= 15 is 0 Å². The SMILES string of the molecule is Cc1cc(C(=O)NC(C)c2ccc(OCCC(F)(F)F)nc2)nc(CC(=O)C2CC2)n1. The summed E-state index contributed by atoms with van der Waals surface area (Å²) >= 11 is 0. The molecule has 31 heavy (non-hydrogen) atoms. The number of nitrogens with zero attached hydrogens (tertiary/aromatic N) is 3. The normalized spacial score (nSPS) is 14.7. The van der Waals surface area contributed by atoms with Crippen molar-refractivity contribution >= 4 is 11.7 Å². The monoisotopic (exact) mass is 436 g/mol. The van der Waals surface area contributed by atoms with E-state index < -0.39 is 31.2 Å². The van der Waals surface area contributed by atoms with Gasteiger partial charge in [-0.15, -0.1) is 0 Å². The molecule has 1 atom stereocenters. The smallest absolute Gasteiger partial charge is 0.392 e. The van der Waals surface area contributed by atoms with Gasteiger partial charge in [-0.2, -0.15) is 13.2 Å². The molecule has 2 aromatic rings. The lowest BCUT2D eigenvalue weighted by Crippen LogP contribution is -2.28. The Kier molecular flexibility index (Phi) is 6.87. The summed E-state index contributed by atoms with van der Waals surface area (Å²) in [6.07, 6.45) is -2.01. The first-order valence-electron chi connectivity index (χ1n) is 9.94. The van der Waals surface area contributed by atoms with Gasteiger partial charge in [0.15, 0.2) is 0 Å². The number of ether oxygens (including phenoxy) is 1. The minimum atomic E-state index is -4.29. The molecule has 7 nitrogen and oxygen atoms in total. The second-order valence-corrected chi connectivity index (χ2v) is 7.57. The van der Waals surface area contributed by atoms with Gasteiger partial charge >= 0.3 is 6.18 Å². The van der Waals surface area contributed by atoms with E-state index in [-0.39, 0.29) is 29.7 Å². The predicted molar refractivity (Wildman–Crippen MR) is 104 cm³/mol. The summed E-state index contributed by atoms with van der Waals surface area (Å²) in [5.74, 6) is 0.159. The van der Waals surface area contributed by atoms with Gasteiger partial charge in [-0.3, -0.25) is 9.59 Å². The van der Waals surface area contributed by atoms with Crippen LogP contribution in [0.25, 0.3) is 0 Å². The Morgan fingerprint density at radius 3 is 2.61 bits per heavy atom. The molecule has 1 aliphatic rings. The van der Waals surface area contributed by atoms with Crippen LogP contribution in [0, 0.1) is 12.8 Å². The molecule has 2 aromatic heterocycles. The van der Waals surface area contributed by atoms with Crippen LogP contribution < -0.4 is 10.1 Å². The number of hydrogen-bond acceptors (Lipinski definition) is 6. The molecule has 2 heterocycles. The van der Waals surface area contributed by atoms with Gasteiger partial charge in [0, 0.05) is 23.9 Å². The molecule has 1 fully saturated rings. The molecule has 1 saturated carbocycles. The average Bonchev–Trinajstić information content (AvgIpc) is 3.52. The topological polar surface area (TPSA) is 94.1 Å². The maximum atomic E-state index is 12.6. The van der Waals surface area contributed by atoms with E-state index in [0.29, 0.717) is 17.1 Å². The molecule has 1 aliphatic carbocycles. The minimum absolute atomic E-state index is 0.0722. The summed E-state index contributed by atoms with van der Waals surface area (Å²) in [5, 5.41) is 2.79. The lowest BCUT2D eigenvalue weighted by Gasteiger charge is -2.15. The van der Waals surface area contributed by atoms with Gasteiger partial charge < -0.3 is 10.1 Å². The number of rotatable bonds is 9. The summed E-state index contributed by atoms with van der Waals surface area (Å²) in [6, 6.07) is 4.18. The first-order chi connectivity index (χ1) is 14.6. The number of ketones is 1. The van der Waals surface area contributed by atoms with Crippen molar-refractivity contribution < 1.29 is 27.5 Å². The number of carbonyl (C=O) groups is 2. The van der Waals surface area contributed by atoms with Gasteiger partial charge in [0.1, 0.15) is 17.3 Å². The number of aryl methyl sites for hydroxylation is 1. The van der Waals surface area contributed by atoms with E-state index in [2.05, 4.69) is 20.3 Å². The third-order valence-corrected chi connectivity index (χ3v) is 4.74. The lowest BCUT2D eigenvalue weighted by atomic mass is 10.1. The fourth-order valence-electron chi connectivity index (χ4n) is 2.89. The van der Waals surface area contributed by atoms with Crippen LogP contribution in [0.15, 0.2) is 24.4 Å². The van der Waals surface area contributed by atoms with E-state index in [0.717, 1.165) is 12.8 Å². The molecule has 0 bridgehead atoms. The molecule has 10 heteroatoms. The van der Waals surface area contributed by atoms with Gasteiger partial charge in [-0.1, -0.05) is 6.07 Å². The first kappa shape index (κ1) is 22.6. The number of nitrogens with one attached hydrogen (secondary N) is 1. The molecule has 1 N–H and O–H groups in total. The number of aromatic nitrogens is 3. The molecule has 166 valence electrons. The molecule has 1 amide bonds. The van der Waals surface area contributed by atoms with Crippen LogP contribution in [-0.4, -0.2) is 39.4 Å². The minimum Gasteiger partial charge on any atom is -0.477 e. The highest BCUT2D eigenvalue weighted by atomic mass is 19.4. The van der Waals surface area contributed by atoms with Gasteiger partial charge in [-0.05, 0) is 38.3 Å². The van der Waals surface area contributed by atoms with E-state index in [9.17, 15) is 22.8 Å². The van der Waals surface area contributed by atoms with Crippen molar-refractivity contribution in [2.45, 2.75) is 51.7 Å². The maximum absolute atomic E-state index is 12.6. The number of carbonyl (C=O) groups excluding carboxylic acids is 2. The molecule has 0 radical (unpaired) electrons. The van der Waals surface area contributed by atoms with Crippen molar-refractivity contribution in [3.8, 4) is 5.88 Å². The predicted octanol–water partition coefficient (Wildman–Crippen LogP) is 3.52. The number of hydrogen-bond donors (Lipinski definition) is 1. The summed E-state index contributed by atoms with van der Waals surface area (Å²) in [6.45, 7) is 2.96. The largest absolute Gasteiger partial charge is 0.477 e. The van der Waals surface area contributed by atoms with Crippen molar-refractivity contribution in [1.82, 2.24) is 20.3 Å². The van der Waals surface area contributed by atoms with E-state index in [4.69, 9.17) is 4.74 Å². The van der Waals surface area contributed by atoms with E-state index in [1.165, 1.54) is 12.3 Å². The van der Waals surface area contributed by atoms with Crippen LogP contribution in [0.3, 0.4) is 0 Å². The molecular formula is C21H23F3N4O3. The van der Waals surface area contributed by atoms with Gasteiger partial charge in [0.05, 0.1) is 25.5 Å². The third kappa shape index (κ3) is 7.01. The Bertz CT molecular complexity index is 944. The Morgan fingerprint density at radius 1 is 1.26 bits per heavy atom. The van der Waals surface area contributed by atoms with Gasteiger partial charge in [0.2, 0.25) is 5.88 Å². The molecular weight excluding hydrogens is 413 g/mol. The second-order valence-electron chi connectivity index (χ2n) is 7.57. The highest BCUT2D eigenvalue weighted by Gasteiger charge is 2.30. The zero-order chi connectivity index (χ0) is 22.6. The average molecular weight is 436 g/mol. The highest BCUT2D eigenvalue weighted by molar-refractivity contribution is 5.92. The third-order valence-electron chi connectivity index (χ3n) is 4.74. The summed E-state index contributed by atoms with van der Waals surface area (Å²) in [4.78, 5) is 37.1. The molecule has 0 aliphatic heterocycles. The Labute approximate surface area is 177 Å². The number of alkyl halides is 3. The summed E-state index contributed by atoms with van der Waals surface area (Å²) in [5.41, 5.74) is 1.40. The molecule has 0 saturated heterocycles.